The Balaban J connectivity index is 1.68. The van der Waals surface area contributed by atoms with Crippen molar-refractivity contribution in [1.29, 1.82) is 0 Å². The molecule has 0 atom stereocenters. The second-order valence-electron chi connectivity index (χ2n) is 4.74. The fourth-order valence-electron chi connectivity index (χ4n) is 1.95. The monoisotopic (exact) mass is 346 g/mol. The smallest absolute Gasteiger partial charge is 0.243 e. The lowest BCUT2D eigenvalue weighted by atomic mass is 10.2. The lowest BCUT2D eigenvalue weighted by molar-refractivity contribution is 0.580. The molecule has 118 valence electrons. The lowest BCUT2D eigenvalue weighted by Crippen LogP contribution is -2.26. The number of hydrogen-bond acceptors (Lipinski definition) is 6. The van der Waals surface area contributed by atoms with Gasteiger partial charge in [0, 0.05) is 23.9 Å². The van der Waals surface area contributed by atoms with Crippen LogP contribution in [0.2, 0.25) is 0 Å². The molecule has 1 aromatic carbocycles. The van der Waals surface area contributed by atoms with Gasteiger partial charge in [-0.15, -0.1) is 11.3 Å². The van der Waals surface area contributed by atoms with Crippen molar-refractivity contribution in [3.63, 3.8) is 0 Å². The highest BCUT2D eigenvalue weighted by molar-refractivity contribution is 7.89. The molecule has 23 heavy (non-hydrogen) atoms. The summed E-state index contributed by atoms with van der Waals surface area (Å²) in [4.78, 5) is 12.4. The van der Waals surface area contributed by atoms with Gasteiger partial charge in [-0.25, -0.2) is 28.1 Å². The maximum atomic E-state index is 12.2. The predicted octanol–water partition coefficient (Wildman–Crippen LogP) is 2.12. The van der Waals surface area contributed by atoms with Gasteiger partial charge in [0.2, 0.25) is 10.0 Å². The maximum absolute atomic E-state index is 12.2. The van der Waals surface area contributed by atoms with Gasteiger partial charge in [0.1, 0.15) is 4.90 Å². The Bertz CT molecular complexity index is 848. The molecule has 0 bridgehead atoms. The van der Waals surface area contributed by atoms with E-state index in [1.165, 1.54) is 23.7 Å². The molecule has 3 rings (SSSR count). The number of hydrogen-bond donors (Lipinski definition) is 1. The molecule has 2 heterocycles. The Labute approximate surface area is 138 Å². The summed E-state index contributed by atoms with van der Waals surface area (Å²) in [6.07, 6.45) is 3.19. The van der Waals surface area contributed by atoms with Crippen LogP contribution in [-0.2, 0) is 16.4 Å². The zero-order chi connectivity index (χ0) is 16.1. The van der Waals surface area contributed by atoms with Crippen LogP contribution in [0.25, 0.3) is 11.4 Å². The standard InChI is InChI=1S/C15H14N4O2S2/c20-23(21,19-7-6-13-10-22-11-18-13)14-8-16-15(17-9-14)12-4-2-1-3-5-12/h1-5,8-11,19H,6-7H2. The van der Waals surface area contributed by atoms with Crippen molar-refractivity contribution in [2.45, 2.75) is 11.3 Å². The zero-order valence-electron chi connectivity index (χ0n) is 12.1. The molecule has 3 aromatic rings. The van der Waals surface area contributed by atoms with E-state index in [4.69, 9.17) is 0 Å². The van der Waals surface area contributed by atoms with E-state index in [1.807, 2.05) is 35.7 Å². The molecule has 0 aliphatic rings. The van der Waals surface area contributed by atoms with Crippen LogP contribution in [-0.4, -0.2) is 29.9 Å². The molecule has 0 unspecified atom stereocenters. The Hall–Kier alpha value is -2.16. The van der Waals surface area contributed by atoms with E-state index in [0.717, 1.165) is 11.3 Å². The van der Waals surface area contributed by atoms with Gasteiger partial charge in [-0.05, 0) is 0 Å². The van der Waals surface area contributed by atoms with Crippen LogP contribution >= 0.6 is 11.3 Å². The normalized spacial score (nSPS) is 11.5. The molecule has 0 aliphatic carbocycles. The highest BCUT2D eigenvalue weighted by Gasteiger charge is 2.15. The summed E-state index contributed by atoms with van der Waals surface area (Å²) in [5.74, 6) is 0.493. The number of thiazole rings is 1. The van der Waals surface area contributed by atoms with Gasteiger partial charge in [-0.1, -0.05) is 30.3 Å². The third kappa shape index (κ3) is 3.98. The fourth-order valence-corrected chi connectivity index (χ4v) is 3.46. The van der Waals surface area contributed by atoms with Gasteiger partial charge in [-0.2, -0.15) is 0 Å². The van der Waals surface area contributed by atoms with E-state index in [-0.39, 0.29) is 11.4 Å². The van der Waals surface area contributed by atoms with E-state index in [9.17, 15) is 8.42 Å². The first-order chi connectivity index (χ1) is 11.1. The van der Waals surface area contributed by atoms with Crippen molar-refractivity contribution in [3.8, 4) is 11.4 Å². The summed E-state index contributed by atoms with van der Waals surface area (Å²) >= 11 is 1.49. The summed E-state index contributed by atoms with van der Waals surface area (Å²) in [6, 6.07) is 9.40. The minimum Gasteiger partial charge on any atom is -0.250 e. The Morgan fingerprint density at radius 2 is 1.78 bits per heavy atom. The van der Waals surface area contributed by atoms with E-state index in [2.05, 4.69) is 19.7 Å². The first-order valence-corrected chi connectivity index (χ1v) is 9.32. The first-order valence-electron chi connectivity index (χ1n) is 6.89. The summed E-state index contributed by atoms with van der Waals surface area (Å²) in [7, 11) is -3.61. The van der Waals surface area contributed by atoms with Crippen LogP contribution in [0, 0.1) is 0 Å². The van der Waals surface area contributed by atoms with E-state index >= 15 is 0 Å². The average Bonchev–Trinajstić information content (AvgIpc) is 3.09. The SMILES string of the molecule is O=S(=O)(NCCc1cscn1)c1cnc(-c2ccccc2)nc1. The van der Waals surface area contributed by atoms with Gasteiger partial charge >= 0.3 is 0 Å². The quantitative estimate of drug-likeness (QED) is 0.739. The summed E-state index contributed by atoms with van der Waals surface area (Å²) in [5, 5.41) is 1.89. The van der Waals surface area contributed by atoms with Crippen molar-refractivity contribution < 1.29 is 8.42 Å². The van der Waals surface area contributed by atoms with Crippen LogP contribution in [0.15, 0.2) is 58.5 Å². The third-order valence-electron chi connectivity index (χ3n) is 3.13. The van der Waals surface area contributed by atoms with Gasteiger partial charge in [0.15, 0.2) is 5.82 Å². The highest BCUT2D eigenvalue weighted by Crippen LogP contribution is 2.15. The molecule has 0 aliphatic heterocycles. The van der Waals surface area contributed by atoms with Gasteiger partial charge < -0.3 is 0 Å². The summed E-state index contributed by atoms with van der Waals surface area (Å²) in [6.45, 7) is 0.284. The van der Waals surface area contributed by atoms with Crippen LogP contribution in [0.4, 0.5) is 0 Å². The van der Waals surface area contributed by atoms with Crippen molar-refractivity contribution in [3.05, 3.63) is 59.3 Å². The molecule has 0 amide bonds. The van der Waals surface area contributed by atoms with Gasteiger partial charge in [0.05, 0.1) is 23.6 Å². The molecule has 2 aromatic heterocycles. The number of nitrogens with one attached hydrogen (secondary N) is 1. The Morgan fingerprint density at radius 3 is 2.43 bits per heavy atom. The van der Waals surface area contributed by atoms with Crippen molar-refractivity contribution in [2.24, 2.45) is 0 Å². The Kier molecular flexibility index (Phi) is 4.75. The van der Waals surface area contributed by atoms with E-state index in [0.29, 0.717) is 12.2 Å². The molecule has 0 spiro atoms. The predicted molar refractivity (Wildman–Crippen MR) is 88.5 cm³/mol. The molecule has 0 fully saturated rings. The molecule has 0 saturated heterocycles. The Morgan fingerprint density at radius 1 is 1.04 bits per heavy atom. The first kappa shape index (κ1) is 15.7. The second kappa shape index (κ2) is 6.95. The lowest BCUT2D eigenvalue weighted by Gasteiger charge is -2.06. The van der Waals surface area contributed by atoms with Crippen LogP contribution in [0.1, 0.15) is 5.69 Å². The summed E-state index contributed by atoms with van der Waals surface area (Å²) in [5.41, 5.74) is 3.43. The molecular formula is C15H14N4O2S2. The average molecular weight is 346 g/mol. The summed E-state index contributed by atoms with van der Waals surface area (Å²) < 4.78 is 26.9. The minimum absolute atomic E-state index is 0.0514. The molecule has 8 heteroatoms. The second-order valence-corrected chi connectivity index (χ2v) is 7.22. The minimum atomic E-state index is -3.61. The largest absolute Gasteiger partial charge is 0.250 e. The molecule has 0 saturated carbocycles. The number of aromatic nitrogens is 3. The number of benzene rings is 1. The molecular weight excluding hydrogens is 332 g/mol. The van der Waals surface area contributed by atoms with E-state index in [1.54, 1.807) is 5.51 Å². The van der Waals surface area contributed by atoms with Gasteiger partial charge in [0.25, 0.3) is 0 Å². The molecule has 1 N–H and O–H groups in total. The molecule has 0 radical (unpaired) electrons. The number of sulfonamides is 1. The topological polar surface area (TPSA) is 84.8 Å². The fraction of sp³-hybridized carbons (Fsp3) is 0.133. The highest BCUT2D eigenvalue weighted by atomic mass is 32.2. The maximum Gasteiger partial charge on any atom is 0.243 e. The van der Waals surface area contributed by atoms with Crippen LogP contribution in [0.3, 0.4) is 0 Å². The van der Waals surface area contributed by atoms with Crippen molar-refractivity contribution in [1.82, 2.24) is 19.7 Å². The number of nitrogens with zero attached hydrogens (tertiary/aromatic N) is 3. The third-order valence-corrected chi connectivity index (χ3v) is 5.18. The van der Waals surface area contributed by atoms with Crippen molar-refractivity contribution >= 4 is 21.4 Å². The van der Waals surface area contributed by atoms with E-state index < -0.39 is 10.0 Å². The zero-order valence-corrected chi connectivity index (χ0v) is 13.7. The molecule has 6 nitrogen and oxygen atoms in total. The van der Waals surface area contributed by atoms with Crippen molar-refractivity contribution in [2.75, 3.05) is 6.54 Å². The number of rotatable bonds is 6. The van der Waals surface area contributed by atoms with Crippen LogP contribution in [0.5, 0.6) is 0 Å². The van der Waals surface area contributed by atoms with Crippen LogP contribution < -0.4 is 4.72 Å². The van der Waals surface area contributed by atoms with Gasteiger partial charge in [-0.3, -0.25) is 0 Å².